The Hall–Kier alpha value is -1.95. The highest BCUT2D eigenvalue weighted by Crippen LogP contribution is 2.37. The zero-order valence-electron chi connectivity index (χ0n) is 12.8. The van der Waals surface area contributed by atoms with Gasteiger partial charge in [-0.05, 0) is 24.3 Å². The average Bonchev–Trinajstić information content (AvgIpc) is 2.59. The first-order chi connectivity index (χ1) is 11.6. The Morgan fingerprint density at radius 1 is 1.12 bits per heavy atom. The summed E-state index contributed by atoms with van der Waals surface area (Å²) >= 11 is 12.8. The van der Waals surface area contributed by atoms with Crippen molar-refractivity contribution in [3.05, 3.63) is 52.0 Å². The van der Waals surface area contributed by atoms with Crippen LogP contribution in [0.25, 0.3) is 0 Å². The topological polar surface area (TPSA) is 61.8 Å². The molecule has 0 aliphatic carbocycles. The molecule has 1 aliphatic rings. The molecule has 2 aromatic carbocycles. The smallest absolute Gasteiger partial charge is 0.337 e. The predicted molar refractivity (Wildman–Crippen MR) is 96.2 cm³/mol. The molecule has 0 aromatic heterocycles. The van der Waals surface area contributed by atoms with E-state index in [9.17, 15) is 9.90 Å². The molecule has 0 atom stereocenters. The van der Waals surface area contributed by atoms with Crippen LogP contribution in [-0.4, -0.2) is 37.4 Å². The third-order valence-corrected chi connectivity index (χ3v) is 4.42. The fourth-order valence-corrected chi connectivity index (χ4v) is 3.17. The molecule has 1 saturated heterocycles. The van der Waals surface area contributed by atoms with Gasteiger partial charge < -0.3 is 20.1 Å². The van der Waals surface area contributed by atoms with Gasteiger partial charge in [0.05, 0.1) is 40.2 Å². The molecule has 5 nitrogen and oxygen atoms in total. The van der Waals surface area contributed by atoms with Crippen LogP contribution >= 0.6 is 23.2 Å². The lowest BCUT2D eigenvalue weighted by Gasteiger charge is -2.29. The number of hydrogen-bond donors (Lipinski definition) is 2. The zero-order chi connectivity index (χ0) is 17.1. The summed E-state index contributed by atoms with van der Waals surface area (Å²) in [6.07, 6.45) is 0. The van der Waals surface area contributed by atoms with E-state index in [4.69, 9.17) is 27.9 Å². The second kappa shape index (κ2) is 7.30. The fourth-order valence-electron chi connectivity index (χ4n) is 2.60. The molecule has 0 unspecified atom stereocenters. The van der Waals surface area contributed by atoms with Crippen molar-refractivity contribution in [1.29, 1.82) is 0 Å². The number of halogens is 2. The molecule has 7 heteroatoms. The Labute approximate surface area is 149 Å². The van der Waals surface area contributed by atoms with E-state index in [-0.39, 0.29) is 5.56 Å². The summed E-state index contributed by atoms with van der Waals surface area (Å²) < 4.78 is 5.34. The number of nitrogens with one attached hydrogen (secondary N) is 1. The summed E-state index contributed by atoms with van der Waals surface area (Å²) in [6.45, 7) is 2.89. The lowest BCUT2D eigenvalue weighted by Crippen LogP contribution is -2.36. The molecule has 1 fully saturated rings. The monoisotopic (exact) mass is 366 g/mol. The van der Waals surface area contributed by atoms with Gasteiger partial charge in [-0.1, -0.05) is 35.3 Å². The van der Waals surface area contributed by atoms with Crippen LogP contribution in [0.2, 0.25) is 10.0 Å². The van der Waals surface area contributed by atoms with Crippen molar-refractivity contribution in [2.45, 2.75) is 0 Å². The van der Waals surface area contributed by atoms with E-state index in [0.29, 0.717) is 34.6 Å². The van der Waals surface area contributed by atoms with Crippen molar-refractivity contribution in [2.24, 2.45) is 0 Å². The highest BCUT2D eigenvalue weighted by molar-refractivity contribution is 6.39. The van der Waals surface area contributed by atoms with Crippen LogP contribution < -0.4 is 10.2 Å². The SMILES string of the molecule is O=C(O)c1ccccc1Nc1c(Cl)cc(N2CCOCC2)cc1Cl. The molecule has 24 heavy (non-hydrogen) atoms. The van der Waals surface area contributed by atoms with Crippen LogP contribution in [0.15, 0.2) is 36.4 Å². The van der Waals surface area contributed by atoms with Gasteiger partial charge in [-0.15, -0.1) is 0 Å². The highest BCUT2D eigenvalue weighted by atomic mass is 35.5. The maximum Gasteiger partial charge on any atom is 0.337 e. The number of morpholine rings is 1. The molecule has 0 amide bonds. The standard InChI is InChI=1S/C17H16Cl2N2O3/c18-13-9-11(21-5-7-24-8-6-21)10-14(19)16(13)20-15-4-2-1-3-12(15)17(22)23/h1-4,9-10,20H,5-8H2,(H,22,23). The van der Waals surface area contributed by atoms with Gasteiger partial charge in [0.25, 0.3) is 0 Å². The molecule has 0 bridgehead atoms. The molecule has 0 radical (unpaired) electrons. The highest BCUT2D eigenvalue weighted by Gasteiger charge is 2.17. The van der Waals surface area contributed by atoms with Gasteiger partial charge in [0.2, 0.25) is 0 Å². The molecule has 2 N–H and O–H groups in total. The van der Waals surface area contributed by atoms with Crippen LogP contribution in [-0.2, 0) is 4.74 Å². The minimum atomic E-state index is -1.02. The van der Waals surface area contributed by atoms with Gasteiger partial charge in [0, 0.05) is 18.8 Å². The molecular weight excluding hydrogens is 351 g/mol. The molecular formula is C17H16Cl2N2O3. The Bertz CT molecular complexity index is 738. The van der Waals surface area contributed by atoms with Crippen LogP contribution in [0.4, 0.5) is 17.1 Å². The molecule has 0 spiro atoms. The van der Waals surface area contributed by atoms with Gasteiger partial charge >= 0.3 is 5.97 Å². The first-order valence-corrected chi connectivity index (χ1v) is 8.23. The van der Waals surface area contributed by atoms with Crippen molar-refractivity contribution in [2.75, 3.05) is 36.5 Å². The molecule has 1 aliphatic heterocycles. The lowest BCUT2D eigenvalue weighted by atomic mass is 10.1. The number of benzene rings is 2. The first-order valence-electron chi connectivity index (χ1n) is 7.47. The third kappa shape index (κ3) is 3.59. The van der Waals surface area contributed by atoms with Crippen LogP contribution in [0, 0.1) is 0 Å². The summed E-state index contributed by atoms with van der Waals surface area (Å²) in [7, 11) is 0. The lowest BCUT2D eigenvalue weighted by molar-refractivity contribution is 0.0698. The van der Waals surface area contributed by atoms with Crippen LogP contribution in [0.5, 0.6) is 0 Å². The summed E-state index contributed by atoms with van der Waals surface area (Å²) in [4.78, 5) is 13.5. The van der Waals surface area contributed by atoms with E-state index in [2.05, 4.69) is 10.2 Å². The number of para-hydroxylation sites is 1. The van der Waals surface area contributed by atoms with Gasteiger partial charge in [0.1, 0.15) is 0 Å². The molecule has 0 saturated carbocycles. The number of carboxylic acid groups (broad SMARTS) is 1. The maximum absolute atomic E-state index is 11.3. The molecule has 126 valence electrons. The largest absolute Gasteiger partial charge is 0.478 e. The second-order valence-electron chi connectivity index (χ2n) is 5.36. The number of nitrogens with zero attached hydrogens (tertiary/aromatic N) is 1. The van der Waals surface area contributed by atoms with Gasteiger partial charge in [-0.2, -0.15) is 0 Å². The molecule has 1 heterocycles. The third-order valence-electron chi connectivity index (χ3n) is 3.82. The summed E-state index contributed by atoms with van der Waals surface area (Å²) in [5, 5.41) is 13.2. The number of carboxylic acids is 1. The zero-order valence-corrected chi connectivity index (χ0v) is 14.3. The van der Waals surface area contributed by atoms with E-state index in [0.717, 1.165) is 18.8 Å². The Morgan fingerprint density at radius 2 is 1.75 bits per heavy atom. The van der Waals surface area contributed by atoms with Crippen LogP contribution in [0.3, 0.4) is 0 Å². The molecule has 2 aromatic rings. The molecule has 3 rings (SSSR count). The van der Waals surface area contributed by atoms with E-state index >= 15 is 0 Å². The second-order valence-corrected chi connectivity index (χ2v) is 6.17. The number of anilines is 3. The van der Waals surface area contributed by atoms with E-state index < -0.39 is 5.97 Å². The number of ether oxygens (including phenoxy) is 1. The van der Waals surface area contributed by atoms with Crippen molar-refractivity contribution in [3.8, 4) is 0 Å². The van der Waals surface area contributed by atoms with E-state index in [1.165, 1.54) is 6.07 Å². The minimum absolute atomic E-state index is 0.155. The number of aromatic carboxylic acids is 1. The van der Waals surface area contributed by atoms with Gasteiger partial charge in [-0.25, -0.2) is 4.79 Å². The van der Waals surface area contributed by atoms with Crippen molar-refractivity contribution >= 4 is 46.2 Å². The Morgan fingerprint density at radius 3 is 2.38 bits per heavy atom. The van der Waals surface area contributed by atoms with Crippen molar-refractivity contribution in [3.63, 3.8) is 0 Å². The quantitative estimate of drug-likeness (QED) is 0.845. The number of hydrogen-bond acceptors (Lipinski definition) is 4. The number of carbonyl (C=O) groups is 1. The number of rotatable bonds is 4. The summed E-state index contributed by atoms with van der Waals surface area (Å²) in [5.41, 5.74) is 2.00. The minimum Gasteiger partial charge on any atom is -0.478 e. The van der Waals surface area contributed by atoms with Crippen LogP contribution in [0.1, 0.15) is 10.4 Å². The average molecular weight is 367 g/mol. The maximum atomic E-state index is 11.3. The van der Waals surface area contributed by atoms with Gasteiger partial charge in [-0.3, -0.25) is 0 Å². The summed E-state index contributed by atoms with van der Waals surface area (Å²) in [5.74, 6) is -1.02. The first kappa shape index (κ1) is 16.9. The Kier molecular flexibility index (Phi) is 5.14. The summed E-state index contributed by atoms with van der Waals surface area (Å²) in [6, 6.07) is 10.3. The predicted octanol–water partition coefficient (Wildman–Crippen LogP) is 4.27. The van der Waals surface area contributed by atoms with Gasteiger partial charge in [0.15, 0.2) is 0 Å². The van der Waals surface area contributed by atoms with E-state index in [1.807, 2.05) is 12.1 Å². The Balaban J connectivity index is 1.91. The van der Waals surface area contributed by atoms with Crippen molar-refractivity contribution < 1.29 is 14.6 Å². The van der Waals surface area contributed by atoms with E-state index in [1.54, 1.807) is 18.2 Å². The van der Waals surface area contributed by atoms with Crippen molar-refractivity contribution in [1.82, 2.24) is 0 Å². The normalized spacial score (nSPS) is 14.5. The fraction of sp³-hybridized carbons (Fsp3) is 0.235.